The van der Waals surface area contributed by atoms with Gasteiger partial charge in [-0.05, 0) is 25.0 Å². The molecule has 1 amide bonds. The highest BCUT2D eigenvalue weighted by molar-refractivity contribution is 7.86. The summed E-state index contributed by atoms with van der Waals surface area (Å²) in [5, 5.41) is -0.0772. The van der Waals surface area contributed by atoms with Crippen molar-refractivity contribution in [3.63, 3.8) is 0 Å². The van der Waals surface area contributed by atoms with E-state index in [2.05, 4.69) is 0 Å². The van der Waals surface area contributed by atoms with E-state index in [-0.39, 0.29) is 41.8 Å². The fourth-order valence-electron chi connectivity index (χ4n) is 3.06. The Balaban J connectivity index is 1.68. The highest BCUT2D eigenvalue weighted by Crippen LogP contribution is 2.26. The molecular formula is C15H18Cl2FN3O3S. The van der Waals surface area contributed by atoms with Gasteiger partial charge < -0.3 is 4.90 Å². The van der Waals surface area contributed by atoms with E-state index in [1.807, 2.05) is 0 Å². The van der Waals surface area contributed by atoms with Crippen molar-refractivity contribution in [3.8, 4) is 0 Å². The largest absolute Gasteiger partial charge is 0.336 e. The lowest BCUT2D eigenvalue weighted by atomic mass is 10.1. The van der Waals surface area contributed by atoms with Crippen LogP contribution >= 0.6 is 23.2 Å². The van der Waals surface area contributed by atoms with Crippen LogP contribution in [-0.4, -0.2) is 67.1 Å². The molecule has 0 N–H and O–H groups in total. The molecule has 3 rings (SSSR count). The molecule has 0 aliphatic carbocycles. The van der Waals surface area contributed by atoms with Crippen LogP contribution in [0.15, 0.2) is 12.1 Å². The standard InChI is InChI=1S/C15H18Cl2FN3O3S/c16-12-10-13(17)14(18)9-11(12)15(22)19-5-7-21(8-6-19)25(23,24)20-3-1-2-4-20/h9-10H,1-8H2. The summed E-state index contributed by atoms with van der Waals surface area (Å²) in [5.41, 5.74) is 0.0272. The Morgan fingerprint density at radius 2 is 1.48 bits per heavy atom. The zero-order valence-electron chi connectivity index (χ0n) is 13.4. The van der Waals surface area contributed by atoms with Crippen LogP contribution in [0.2, 0.25) is 10.0 Å². The maximum absolute atomic E-state index is 13.6. The minimum absolute atomic E-state index is 0.0272. The molecule has 2 fully saturated rings. The molecule has 0 spiro atoms. The minimum atomic E-state index is -3.47. The maximum Gasteiger partial charge on any atom is 0.282 e. The summed E-state index contributed by atoms with van der Waals surface area (Å²) in [7, 11) is -3.47. The van der Waals surface area contributed by atoms with Gasteiger partial charge in [0.05, 0.1) is 15.6 Å². The molecule has 1 aromatic rings. The molecule has 0 saturated carbocycles. The molecule has 0 aromatic heterocycles. The number of hydrogen-bond acceptors (Lipinski definition) is 3. The van der Waals surface area contributed by atoms with E-state index >= 15 is 0 Å². The van der Waals surface area contributed by atoms with Gasteiger partial charge in [0.25, 0.3) is 16.1 Å². The van der Waals surface area contributed by atoms with Gasteiger partial charge in [0.1, 0.15) is 5.82 Å². The molecule has 10 heteroatoms. The second-order valence-corrected chi connectivity index (χ2v) is 8.79. The maximum atomic E-state index is 13.6. The lowest BCUT2D eigenvalue weighted by molar-refractivity contribution is 0.0694. The van der Waals surface area contributed by atoms with Crippen LogP contribution in [0.1, 0.15) is 23.2 Å². The monoisotopic (exact) mass is 409 g/mol. The SMILES string of the molecule is O=C(c1cc(F)c(Cl)cc1Cl)N1CCN(S(=O)(=O)N2CCCC2)CC1. The molecule has 1 aromatic carbocycles. The molecule has 25 heavy (non-hydrogen) atoms. The predicted octanol–water partition coefficient (Wildman–Crippen LogP) is 2.23. The van der Waals surface area contributed by atoms with E-state index in [0.717, 1.165) is 18.9 Å². The van der Waals surface area contributed by atoms with Crippen molar-refractivity contribution in [2.24, 2.45) is 0 Å². The summed E-state index contributed by atoms with van der Waals surface area (Å²) in [6.45, 7) is 1.96. The number of rotatable bonds is 3. The van der Waals surface area contributed by atoms with E-state index in [9.17, 15) is 17.6 Å². The summed E-state index contributed by atoms with van der Waals surface area (Å²) in [4.78, 5) is 14.0. The Hall–Kier alpha value is -0.930. The van der Waals surface area contributed by atoms with Crippen LogP contribution in [0, 0.1) is 5.82 Å². The van der Waals surface area contributed by atoms with Crippen molar-refractivity contribution in [1.82, 2.24) is 13.5 Å². The first-order chi connectivity index (χ1) is 11.8. The van der Waals surface area contributed by atoms with Crippen molar-refractivity contribution in [1.29, 1.82) is 0 Å². The molecule has 0 atom stereocenters. The highest BCUT2D eigenvalue weighted by Gasteiger charge is 2.35. The summed E-state index contributed by atoms with van der Waals surface area (Å²) >= 11 is 11.6. The molecule has 138 valence electrons. The average Bonchev–Trinajstić information content (AvgIpc) is 3.13. The van der Waals surface area contributed by atoms with Crippen molar-refractivity contribution in [2.45, 2.75) is 12.8 Å². The van der Waals surface area contributed by atoms with Crippen molar-refractivity contribution >= 4 is 39.3 Å². The van der Waals surface area contributed by atoms with Crippen LogP contribution < -0.4 is 0 Å². The Labute approximate surface area is 156 Å². The van der Waals surface area contributed by atoms with Gasteiger partial charge in [0.2, 0.25) is 0 Å². The second-order valence-electron chi connectivity index (χ2n) is 6.05. The highest BCUT2D eigenvalue weighted by atomic mass is 35.5. The third kappa shape index (κ3) is 3.78. The molecule has 0 radical (unpaired) electrons. The van der Waals surface area contributed by atoms with E-state index in [1.54, 1.807) is 0 Å². The van der Waals surface area contributed by atoms with Crippen LogP contribution in [0.3, 0.4) is 0 Å². The number of halogens is 3. The third-order valence-corrected chi connectivity index (χ3v) is 7.12. The Bertz CT molecular complexity index is 776. The molecule has 2 heterocycles. The predicted molar refractivity (Wildman–Crippen MR) is 93.6 cm³/mol. The first-order valence-corrected chi connectivity index (χ1v) is 10.1. The van der Waals surface area contributed by atoms with Gasteiger partial charge in [-0.25, -0.2) is 4.39 Å². The Kier molecular flexibility index (Phi) is 5.55. The first-order valence-electron chi connectivity index (χ1n) is 8.00. The van der Waals surface area contributed by atoms with Gasteiger partial charge in [0, 0.05) is 39.3 Å². The van der Waals surface area contributed by atoms with Gasteiger partial charge in [-0.1, -0.05) is 23.2 Å². The van der Waals surface area contributed by atoms with E-state index < -0.39 is 21.9 Å². The molecule has 2 saturated heterocycles. The smallest absolute Gasteiger partial charge is 0.282 e. The van der Waals surface area contributed by atoms with Gasteiger partial charge in [-0.15, -0.1) is 0 Å². The lowest BCUT2D eigenvalue weighted by Gasteiger charge is -2.35. The molecule has 2 aliphatic rings. The van der Waals surface area contributed by atoms with Gasteiger partial charge in [-0.2, -0.15) is 17.0 Å². The number of nitrogens with zero attached hydrogens (tertiary/aromatic N) is 3. The summed E-state index contributed by atoms with van der Waals surface area (Å²) in [5.74, 6) is -1.15. The normalized spacial score (nSPS) is 20.2. The number of hydrogen-bond donors (Lipinski definition) is 0. The van der Waals surface area contributed by atoms with Crippen molar-refractivity contribution in [2.75, 3.05) is 39.3 Å². The van der Waals surface area contributed by atoms with Crippen LogP contribution in [0.5, 0.6) is 0 Å². The number of carbonyl (C=O) groups excluding carboxylic acids is 1. The van der Waals surface area contributed by atoms with Gasteiger partial charge in [-0.3, -0.25) is 4.79 Å². The number of carbonyl (C=O) groups is 1. The molecule has 0 unspecified atom stereocenters. The first kappa shape index (κ1) is 18.8. The number of piperazine rings is 1. The lowest BCUT2D eigenvalue weighted by Crippen LogP contribution is -2.53. The average molecular weight is 410 g/mol. The zero-order valence-corrected chi connectivity index (χ0v) is 15.7. The fourth-order valence-corrected chi connectivity index (χ4v) is 5.20. The van der Waals surface area contributed by atoms with Crippen molar-refractivity contribution in [3.05, 3.63) is 33.6 Å². The Morgan fingerprint density at radius 1 is 0.920 bits per heavy atom. The summed E-state index contributed by atoms with van der Waals surface area (Å²) < 4.78 is 41.6. The van der Waals surface area contributed by atoms with Gasteiger partial charge >= 0.3 is 0 Å². The van der Waals surface area contributed by atoms with Crippen LogP contribution in [0.25, 0.3) is 0 Å². The van der Waals surface area contributed by atoms with Crippen molar-refractivity contribution < 1.29 is 17.6 Å². The van der Waals surface area contributed by atoms with E-state index in [4.69, 9.17) is 23.2 Å². The summed E-state index contributed by atoms with van der Waals surface area (Å²) in [6.07, 6.45) is 1.75. The van der Waals surface area contributed by atoms with E-state index in [1.165, 1.54) is 19.6 Å². The number of benzene rings is 1. The summed E-state index contributed by atoms with van der Waals surface area (Å²) in [6, 6.07) is 2.21. The third-order valence-electron chi connectivity index (χ3n) is 4.48. The molecule has 6 nitrogen and oxygen atoms in total. The fraction of sp³-hybridized carbons (Fsp3) is 0.533. The topological polar surface area (TPSA) is 60.9 Å². The number of amides is 1. The molecule has 2 aliphatic heterocycles. The molecular weight excluding hydrogens is 392 g/mol. The van der Waals surface area contributed by atoms with Crippen LogP contribution in [-0.2, 0) is 10.2 Å². The minimum Gasteiger partial charge on any atom is -0.336 e. The molecule has 0 bridgehead atoms. The quantitative estimate of drug-likeness (QED) is 0.719. The van der Waals surface area contributed by atoms with Crippen LogP contribution in [0.4, 0.5) is 4.39 Å². The van der Waals surface area contributed by atoms with E-state index in [0.29, 0.717) is 13.1 Å². The van der Waals surface area contributed by atoms with Gasteiger partial charge in [0.15, 0.2) is 0 Å². The zero-order chi connectivity index (χ0) is 18.2. The Morgan fingerprint density at radius 3 is 2.08 bits per heavy atom. The second kappa shape index (κ2) is 7.36.